The maximum atomic E-state index is 12.5. The van der Waals surface area contributed by atoms with Crippen LogP contribution in [0.15, 0.2) is 59.6 Å². The molecule has 0 unspecified atom stereocenters. The molecule has 1 heterocycles. The lowest BCUT2D eigenvalue weighted by atomic mass is 10.1. The molecule has 1 nitrogen and oxygen atoms in total. The maximum absolute atomic E-state index is 12.5. The first-order valence-corrected chi connectivity index (χ1v) is 7.79. The van der Waals surface area contributed by atoms with Crippen molar-refractivity contribution in [2.75, 3.05) is 5.75 Å². The van der Waals surface area contributed by atoms with E-state index in [0.717, 1.165) is 45.7 Å². The van der Waals surface area contributed by atoms with Gasteiger partial charge in [0.1, 0.15) is 0 Å². The first-order chi connectivity index (χ1) is 10.9. The predicted molar refractivity (Wildman–Crippen MR) is 84.2 cm³/mol. The van der Waals surface area contributed by atoms with Gasteiger partial charge in [-0.05, 0) is 59.8 Å². The first-order valence-electron chi connectivity index (χ1n) is 7.30. The molecule has 3 rings (SSSR count). The molecule has 0 aliphatic carbocycles. The van der Waals surface area contributed by atoms with Crippen molar-refractivity contribution < 1.29 is 14.5 Å². The smallest absolute Gasteiger partial charge is 0.361 e. The Morgan fingerprint density at radius 2 is 1.86 bits per heavy atom. The predicted octanol–water partition coefficient (Wildman–Crippen LogP) is 5.52. The molecule has 0 amide bonds. The number of alkyl halides is 3. The van der Waals surface area contributed by atoms with Crippen LogP contribution in [-0.2, 0) is 12.6 Å². The third-order valence-corrected chi connectivity index (χ3v) is 4.39. The van der Waals surface area contributed by atoms with E-state index in [1.807, 2.05) is 18.2 Å². The van der Waals surface area contributed by atoms with E-state index >= 15 is 0 Å². The van der Waals surface area contributed by atoms with E-state index in [0.29, 0.717) is 6.04 Å². The summed E-state index contributed by atoms with van der Waals surface area (Å²) in [6.07, 6.45) is -1.83. The van der Waals surface area contributed by atoms with E-state index in [2.05, 4.69) is 4.98 Å². The molecule has 5 heteroatoms. The number of halogens is 3. The summed E-state index contributed by atoms with van der Waals surface area (Å²) in [7, 11) is 0. The fourth-order valence-corrected chi connectivity index (χ4v) is 3.11. The fraction of sp³-hybridized carbons (Fsp3) is 0.176. The van der Waals surface area contributed by atoms with E-state index in [-0.39, 0.29) is 0 Å². The van der Waals surface area contributed by atoms with Gasteiger partial charge in [0, 0.05) is 22.4 Å². The molecule has 3 aromatic rings. The number of hydrogen-bond acceptors (Lipinski definition) is 1. The lowest BCUT2D eigenvalue weighted by molar-refractivity contribution is -0.137. The van der Waals surface area contributed by atoms with Gasteiger partial charge in [-0.15, -0.1) is 11.8 Å². The highest BCUT2D eigenvalue weighted by atomic mass is 32.2. The monoisotopic (exact) mass is 322 g/mol. The molecule has 0 aliphatic rings. The Hall–Kier alpha value is -1.88. The van der Waals surface area contributed by atoms with Crippen molar-refractivity contribution in [3.8, 4) is 0 Å². The Bertz CT molecular complexity index is 809. The van der Waals surface area contributed by atoms with Crippen molar-refractivity contribution >= 4 is 22.7 Å². The molecular weight excluding hydrogens is 307 g/mol. The van der Waals surface area contributed by atoms with Crippen LogP contribution in [0.1, 0.15) is 12.5 Å². The zero-order valence-electron chi connectivity index (χ0n) is 12.6. The largest absolute Gasteiger partial charge is 0.416 e. The van der Waals surface area contributed by atoms with Gasteiger partial charge >= 0.3 is 6.18 Å². The SMILES string of the molecule is [2H]c1c[nH]c2ccc(CCSc3ccc(C(F)(F)F)cc3)cc12. The van der Waals surface area contributed by atoms with Gasteiger partial charge in [-0.2, -0.15) is 13.2 Å². The second-order valence-electron chi connectivity index (χ2n) is 4.93. The number of H-pyrrole nitrogens is 1. The summed E-state index contributed by atoms with van der Waals surface area (Å²) in [4.78, 5) is 3.85. The minimum absolute atomic E-state index is 0.470. The zero-order valence-corrected chi connectivity index (χ0v) is 12.4. The van der Waals surface area contributed by atoms with Crippen LogP contribution in [0.4, 0.5) is 13.2 Å². The molecule has 114 valence electrons. The third kappa shape index (κ3) is 3.47. The van der Waals surface area contributed by atoms with E-state index < -0.39 is 11.7 Å². The number of nitrogens with one attached hydrogen (secondary N) is 1. The second kappa shape index (κ2) is 6.08. The standard InChI is InChI=1S/C17H14F3NS/c18-17(19,20)14-2-4-15(5-3-14)22-10-8-12-1-6-16-13(11-12)7-9-21-16/h1-7,9,11,21H,8,10H2/i7D. The van der Waals surface area contributed by atoms with Crippen LogP contribution in [0.3, 0.4) is 0 Å². The van der Waals surface area contributed by atoms with E-state index in [1.54, 1.807) is 6.20 Å². The Labute approximate surface area is 131 Å². The molecule has 0 bridgehead atoms. The molecule has 1 aromatic heterocycles. The number of rotatable bonds is 4. The number of hydrogen-bond donors (Lipinski definition) is 1. The normalized spacial score (nSPS) is 12.6. The minimum atomic E-state index is -4.29. The molecule has 1 N–H and O–H groups in total. The number of benzene rings is 2. The topological polar surface area (TPSA) is 15.8 Å². The van der Waals surface area contributed by atoms with Gasteiger partial charge < -0.3 is 4.98 Å². The highest BCUT2D eigenvalue weighted by Crippen LogP contribution is 2.30. The Morgan fingerprint density at radius 1 is 1.09 bits per heavy atom. The highest BCUT2D eigenvalue weighted by Gasteiger charge is 2.29. The van der Waals surface area contributed by atoms with E-state index in [1.165, 1.54) is 23.9 Å². The van der Waals surface area contributed by atoms with Crippen molar-refractivity contribution in [2.24, 2.45) is 0 Å². The summed E-state index contributed by atoms with van der Waals surface area (Å²) in [6, 6.07) is 11.6. The van der Waals surface area contributed by atoms with Gasteiger partial charge in [0.15, 0.2) is 0 Å². The van der Waals surface area contributed by atoms with Crippen LogP contribution >= 0.6 is 11.8 Å². The van der Waals surface area contributed by atoms with Crippen molar-refractivity contribution in [1.82, 2.24) is 4.98 Å². The lowest BCUT2D eigenvalue weighted by Crippen LogP contribution is -2.03. The van der Waals surface area contributed by atoms with Gasteiger partial charge in [0.05, 0.1) is 6.93 Å². The molecule has 22 heavy (non-hydrogen) atoms. The third-order valence-electron chi connectivity index (χ3n) is 3.38. The Kier molecular flexibility index (Phi) is 3.81. The summed E-state index contributed by atoms with van der Waals surface area (Å²) < 4.78 is 45.3. The van der Waals surface area contributed by atoms with Gasteiger partial charge in [0.2, 0.25) is 0 Å². The maximum Gasteiger partial charge on any atom is 0.416 e. The Balaban J connectivity index is 1.61. The van der Waals surface area contributed by atoms with E-state index in [9.17, 15) is 13.2 Å². The summed E-state index contributed by atoms with van der Waals surface area (Å²) in [6.45, 7) is 0. The molecule has 0 spiro atoms. The summed E-state index contributed by atoms with van der Waals surface area (Å²) >= 11 is 1.52. The summed E-state index contributed by atoms with van der Waals surface area (Å²) in [5.74, 6) is 0.772. The number of aryl methyl sites for hydroxylation is 1. The van der Waals surface area contributed by atoms with Crippen LogP contribution in [0.2, 0.25) is 0 Å². The highest BCUT2D eigenvalue weighted by molar-refractivity contribution is 7.99. The molecule has 0 saturated carbocycles. The van der Waals surface area contributed by atoms with Crippen LogP contribution < -0.4 is 0 Å². The average molecular weight is 322 g/mol. The lowest BCUT2D eigenvalue weighted by Gasteiger charge is -2.07. The summed E-state index contributed by atoms with van der Waals surface area (Å²) in [5, 5.41) is 0.891. The molecular formula is C17H14F3NS. The molecule has 2 aromatic carbocycles. The molecule has 0 fully saturated rings. The van der Waals surface area contributed by atoms with Gasteiger partial charge in [-0.1, -0.05) is 6.07 Å². The van der Waals surface area contributed by atoms with Gasteiger partial charge in [0.25, 0.3) is 0 Å². The van der Waals surface area contributed by atoms with Crippen LogP contribution in [-0.4, -0.2) is 10.7 Å². The van der Waals surface area contributed by atoms with E-state index in [4.69, 9.17) is 1.37 Å². The van der Waals surface area contributed by atoms with Crippen LogP contribution in [0, 0.1) is 0 Å². The van der Waals surface area contributed by atoms with Crippen molar-refractivity contribution in [3.05, 3.63) is 65.8 Å². The fourth-order valence-electron chi connectivity index (χ4n) is 2.21. The number of fused-ring (bicyclic) bond motifs is 1. The molecule has 0 radical (unpaired) electrons. The number of aromatic amines is 1. The van der Waals surface area contributed by atoms with Crippen molar-refractivity contribution in [3.63, 3.8) is 0 Å². The zero-order chi connectivity index (χ0) is 16.4. The minimum Gasteiger partial charge on any atom is -0.361 e. The van der Waals surface area contributed by atoms with Crippen molar-refractivity contribution in [1.29, 1.82) is 0 Å². The van der Waals surface area contributed by atoms with Gasteiger partial charge in [-0.3, -0.25) is 0 Å². The van der Waals surface area contributed by atoms with Crippen LogP contribution in [0.25, 0.3) is 10.9 Å². The average Bonchev–Trinajstić information content (AvgIpc) is 2.88. The number of aromatic nitrogens is 1. The number of thioether (sulfide) groups is 1. The van der Waals surface area contributed by atoms with Gasteiger partial charge in [-0.25, -0.2) is 0 Å². The molecule has 0 saturated heterocycles. The summed E-state index contributed by atoms with van der Waals surface area (Å²) in [5.41, 5.74) is 1.43. The quantitative estimate of drug-likeness (QED) is 0.625. The molecule has 0 aliphatic heterocycles. The van der Waals surface area contributed by atoms with Crippen molar-refractivity contribution in [2.45, 2.75) is 17.5 Å². The van der Waals surface area contributed by atoms with Crippen LogP contribution in [0.5, 0.6) is 0 Å². The Morgan fingerprint density at radius 3 is 2.59 bits per heavy atom. The molecule has 0 atom stereocenters. The first kappa shape index (κ1) is 13.8. The second-order valence-corrected chi connectivity index (χ2v) is 6.10.